The van der Waals surface area contributed by atoms with E-state index in [1.807, 2.05) is 32.0 Å². The number of quaternary nitrogens is 1. The van der Waals surface area contributed by atoms with Crippen molar-refractivity contribution in [3.05, 3.63) is 47.8 Å². The molecule has 1 aromatic heterocycles. The molecule has 0 radical (unpaired) electrons. The van der Waals surface area contributed by atoms with Crippen LogP contribution in [0.15, 0.2) is 36.7 Å². The Kier molecular flexibility index (Phi) is 5.28. The van der Waals surface area contributed by atoms with E-state index in [1.165, 1.54) is 10.5 Å². The number of carbonyl (C=O) groups excluding carboxylic acids is 1. The van der Waals surface area contributed by atoms with Gasteiger partial charge in [-0.05, 0) is 38.5 Å². The highest BCUT2D eigenvalue weighted by molar-refractivity contribution is 5.94. The molecule has 6 nitrogen and oxygen atoms in total. The molecule has 25 heavy (non-hydrogen) atoms. The summed E-state index contributed by atoms with van der Waals surface area (Å²) in [7, 11) is 0. The number of rotatable bonds is 4. The summed E-state index contributed by atoms with van der Waals surface area (Å²) in [5, 5.41) is 3.08. The zero-order valence-corrected chi connectivity index (χ0v) is 15.1. The maximum Gasteiger partial charge on any atom is 0.282 e. The lowest BCUT2D eigenvalue weighted by molar-refractivity contribution is -0.914. The number of benzene rings is 1. The number of aromatic nitrogens is 2. The van der Waals surface area contributed by atoms with E-state index in [0.717, 1.165) is 43.4 Å². The summed E-state index contributed by atoms with van der Waals surface area (Å²) in [5.74, 6) is 0.847. The Bertz CT molecular complexity index is 726. The molecule has 1 aliphatic rings. The highest BCUT2D eigenvalue weighted by Crippen LogP contribution is 2.16. The molecular weight excluding hydrogens is 314 g/mol. The van der Waals surface area contributed by atoms with Gasteiger partial charge in [-0.3, -0.25) is 4.79 Å². The Hall–Kier alpha value is -2.47. The van der Waals surface area contributed by atoms with E-state index < -0.39 is 0 Å². The van der Waals surface area contributed by atoms with Crippen molar-refractivity contribution < 1.29 is 9.69 Å². The summed E-state index contributed by atoms with van der Waals surface area (Å²) in [6.45, 7) is 9.61. The van der Waals surface area contributed by atoms with Gasteiger partial charge in [-0.15, -0.1) is 0 Å². The first kappa shape index (κ1) is 17.4. The molecule has 1 aliphatic heterocycles. The van der Waals surface area contributed by atoms with Crippen molar-refractivity contribution >= 4 is 17.5 Å². The minimum absolute atomic E-state index is 0.0753. The van der Waals surface area contributed by atoms with E-state index >= 15 is 0 Å². The topological polar surface area (TPSA) is 62.6 Å². The van der Waals surface area contributed by atoms with E-state index in [9.17, 15) is 4.79 Å². The fourth-order valence-corrected chi connectivity index (χ4v) is 3.26. The van der Waals surface area contributed by atoms with Gasteiger partial charge in [-0.25, -0.2) is 9.97 Å². The monoisotopic (exact) mass is 340 g/mol. The summed E-state index contributed by atoms with van der Waals surface area (Å²) in [4.78, 5) is 24.7. The van der Waals surface area contributed by atoms with Crippen LogP contribution in [0.3, 0.4) is 0 Å². The van der Waals surface area contributed by atoms with Crippen LogP contribution in [-0.2, 0) is 4.79 Å². The van der Waals surface area contributed by atoms with E-state index in [-0.39, 0.29) is 11.9 Å². The maximum absolute atomic E-state index is 12.6. The third-order valence-electron chi connectivity index (χ3n) is 4.89. The van der Waals surface area contributed by atoms with E-state index in [2.05, 4.69) is 33.2 Å². The first-order valence-electron chi connectivity index (χ1n) is 8.79. The molecule has 1 aromatic carbocycles. The van der Waals surface area contributed by atoms with Gasteiger partial charge in [0, 0.05) is 18.1 Å². The number of amides is 1. The minimum atomic E-state index is -0.0838. The second-order valence-electron chi connectivity index (χ2n) is 6.72. The van der Waals surface area contributed by atoms with Gasteiger partial charge >= 0.3 is 0 Å². The third-order valence-corrected chi connectivity index (χ3v) is 4.89. The highest BCUT2D eigenvalue weighted by Gasteiger charge is 2.30. The molecule has 132 valence electrons. The number of hydrogen-bond donors (Lipinski definition) is 2. The lowest BCUT2D eigenvalue weighted by Crippen LogP contribution is -3.19. The van der Waals surface area contributed by atoms with Crippen LogP contribution in [-0.4, -0.2) is 48.1 Å². The standard InChI is InChI=1S/C19H25N5O/c1-14-5-6-17(15(2)13-14)22-18(25)16(3)23-9-11-24(12-10-23)19-20-7-4-8-21-19/h4-8,13,16H,9-12H2,1-3H3,(H,22,25)/p+1/t16-/m1/s1. The average Bonchev–Trinajstić information content (AvgIpc) is 2.64. The van der Waals surface area contributed by atoms with E-state index in [4.69, 9.17) is 0 Å². The van der Waals surface area contributed by atoms with E-state index in [1.54, 1.807) is 12.4 Å². The molecular formula is C19H26N5O+. The fraction of sp³-hybridized carbons (Fsp3) is 0.421. The first-order valence-corrected chi connectivity index (χ1v) is 8.79. The molecule has 2 heterocycles. The molecule has 3 rings (SSSR count). The van der Waals surface area contributed by atoms with Crippen LogP contribution in [0.25, 0.3) is 0 Å². The van der Waals surface area contributed by atoms with Crippen LogP contribution in [0.2, 0.25) is 0 Å². The van der Waals surface area contributed by atoms with Crippen molar-refractivity contribution in [3.63, 3.8) is 0 Å². The molecule has 2 N–H and O–H groups in total. The number of carbonyl (C=O) groups is 1. The van der Waals surface area contributed by atoms with E-state index in [0.29, 0.717) is 0 Å². The molecule has 1 amide bonds. The Morgan fingerprint density at radius 3 is 2.52 bits per heavy atom. The second-order valence-corrected chi connectivity index (χ2v) is 6.72. The van der Waals surface area contributed by atoms with Gasteiger partial charge in [-0.2, -0.15) is 0 Å². The normalized spacial score (nSPS) is 16.5. The molecule has 1 fully saturated rings. The summed E-state index contributed by atoms with van der Waals surface area (Å²) in [6, 6.07) is 7.84. The summed E-state index contributed by atoms with van der Waals surface area (Å²) in [6.07, 6.45) is 3.53. The summed E-state index contributed by atoms with van der Waals surface area (Å²) >= 11 is 0. The Morgan fingerprint density at radius 2 is 1.88 bits per heavy atom. The lowest BCUT2D eigenvalue weighted by Gasteiger charge is -2.34. The molecule has 2 aromatic rings. The fourth-order valence-electron chi connectivity index (χ4n) is 3.26. The SMILES string of the molecule is Cc1ccc(NC(=O)[C@@H](C)[NH+]2CCN(c3ncccn3)CC2)c(C)c1. The average molecular weight is 340 g/mol. The van der Waals surface area contributed by atoms with Crippen molar-refractivity contribution in [1.82, 2.24) is 9.97 Å². The number of hydrogen-bond acceptors (Lipinski definition) is 4. The number of aryl methyl sites for hydroxylation is 2. The predicted octanol–water partition coefficient (Wildman–Crippen LogP) is 0.826. The molecule has 0 bridgehead atoms. The van der Waals surface area contributed by atoms with Crippen molar-refractivity contribution in [2.45, 2.75) is 26.8 Å². The molecule has 0 aliphatic carbocycles. The lowest BCUT2D eigenvalue weighted by atomic mass is 10.1. The third kappa shape index (κ3) is 4.14. The Labute approximate surface area is 148 Å². The summed E-state index contributed by atoms with van der Waals surface area (Å²) < 4.78 is 0. The second kappa shape index (κ2) is 7.61. The van der Waals surface area contributed by atoms with Gasteiger partial charge in [-0.1, -0.05) is 17.7 Å². The molecule has 0 unspecified atom stereocenters. The van der Waals surface area contributed by atoms with Crippen molar-refractivity contribution in [2.75, 3.05) is 36.4 Å². The molecule has 0 spiro atoms. The predicted molar refractivity (Wildman–Crippen MR) is 98.9 cm³/mol. The van der Waals surface area contributed by atoms with Crippen LogP contribution >= 0.6 is 0 Å². The first-order chi connectivity index (χ1) is 12.0. The van der Waals surface area contributed by atoms with Crippen LogP contribution in [0.5, 0.6) is 0 Å². The molecule has 6 heteroatoms. The zero-order chi connectivity index (χ0) is 17.8. The largest absolute Gasteiger partial charge is 0.330 e. The van der Waals surface area contributed by atoms with Crippen molar-refractivity contribution in [3.8, 4) is 0 Å². The number of anilines is 2. The smallest absolute Gasteiger partial charge is 0.282 e. The Morgan fingerprint density at radius 1 is 1.20 bits per heavy atom. The maximum atomic E-state index is 12.6. The summed E-state index contributed by atoms with van der Waals surface area (Å²) in [5.41, 5.74) is 3.20. The van der Waals surface area contributed by atoms with Crippen LogP contribution in [0.4, 0.5) is 11.6 Å². The van der Waals surface area contributed by atoms with Gasteiger partial charge in [0.25, 0.3) is 5.91 Å². The van der Waals surface area contributed by atoms with Gasteiger partial charge < -0.3 is 15.1 Å². The van der Waals surface area contributed by atoms with Crippen LogP contribution in [0, 0.1) is 13.8 Å². The quantitative estimate of drug-likeness (QED) is 0.865. The van der Waals surface area contributed by atoms with Crippen molar-refractivity contribution in [2.24, 2.45) is 0 Å². The zero-order valence-electron chi connectivity index (χ0n) is 15.1. The van der Waals surface area contributed by atoms with Crippen molar-refractivity contribution in [1.29, 1.82) is 0 Å². The van der Waals surface area contributed by atoms with Gasteiger partial charge in [0.15, 0.2) is 6.04 Å². The molecule has 1 saturated heterocycles. The molecule has 1 atom stereocenters. The van der Waals surface area contributed by atoms with Gasteiger partial charge in [0.05, 0.1) is 26.2 Å². The minimum Gasteiger partial charge on any atom is -0.330 e. The molecule has 0 saturated carbocycles. The highest BCUT2D eigenvalue weighted by atomic mass is 16.2. The number of nitrogens with zero attached hydrogens (tertiary/aromatic N) is 3. The van der Waals surface area contributed by atoms with Gasteiger partial charge in [0.1, 0.15) is 0 Å². The van der Waals surface area contributed by atoms with Crippen LogP contribution < -0.4 is 15.1 Å². The number of piperazine rings is 1. The Balaban J connectivity index is 1.56. The van der Waals surface area contributed by atoms with Crippen LogP contribution in [0.1, 0.15) is 18.1 Å². The van der Waals surface area contributed by atoms with Gasteiger partial charge in [0.2, 0.25) is 5.95 Å². The number of nitrogens with one attached hydrogen (secondary N) is 2.